The van der Waals surface area contributed by atoms with E-state index in [9.17, 15) is 4.79 Å². The Kier molecular flexibility index (Phi) is 5.12. The van der Waals surface area contributed by atoms with Crippen molar-refractivity contribution in [1.29, 1.82) is 0 Å². The number of anilines is 1. The van der Waals surface area contributed by atoms with Gasteiger partial charge in [0, 0.05) is 29.8 Å². The maximum absolute atomic E-state index is 12.8. The van der Waals surface area contributed by atoms with Crippen LogP contribution in [0.3, 0.4) is 0 Å². The van der Waals surface area contributed by atoms with Crippen molar-refractivity contribution in [3.63, 3.8) is 0 Å². The number of fused-ring (bicyclic) bond motifs is 1. The fraction of sp³-hybridized carbons (Fsp3) is 0.208. The summed E-state index contributed by atoms with van der Waals surface area (Å²) < 4.78 is 1.98. The third-order valence-electron chi connectivity index (χ3n) is 5.31. The third-order valence-corrected chi connectivity index (χ3v) is 5.31. The maximum Gasteiger partial charge on any atom is 0.256 e. The number of aryl methyl sites for hydroxylation is 3. The molecule has 0 atom stereocenters. The van der Waals surface area contributed by atoms with Crippen LogP contribution >= 0.6 is 0 Å². The number of benzene rings is 2. The lowest BCUT2D eigenvalue weighted by Gasteiger charge is -2.10. The van der Waals surface area contributed by atoms with Crippen LogP contribution in [0.5, 0.6) is 0 Å². The molecule has 146 valence electrons. The Morgan fingerprint density at radius 2 is 1.79 bits per heavy atom. The van der Waals surface area contributed by atoms with Gasteiger partial charge in [-0.2, -0.15) is 0 Å². The molecule has 0 saturated heterocycles. The second-order valence-corrected chi connectivity index (χ2v) is 7.17. The largest absolute Gasteiger partial charge is 0.334 e. The normalized spacial score (nSPS) is 11.0. The number of aromatic nitrogens is 3. The number of hydrogen-bond acceptors (Lipinski definition) is 3. The van der Waals surface area contributed by atoms with Crippen LogP contribution in [0.4, 0.5) is 5.82 Å². The zero-order valence-electron chi connectivity index (χ0n) is 16.9. The number of carbonyl (C=O) groups excluding carboxylic acids is 1. The molecule has 0 spiro atoms. The summed E-state index contributed by atoms with van der Waals surface area (Å²) >= 11 is 0. The number of rotatable bonds is 5. The van der Waals surface area contributed by atoms with Crippen molar-refractivity contribution in [3.8, 4) is 11.3 Å². The maximum atomic E-state index is 12.8. The van der Waals surface area contributed by atoms with Gasteiger partial charge in [-0.3, -0.25) is 4.79 Å². The quantitative estimate of drug-likeness (QED) is 0.526. The molecule has 5 nitrogen and oxygen atoms in total. The minimum atomic E-state index is -0.142. The molecule has 29 heavy (non-hydrogen) atoms. The highest BCUT2D eigenvalue weighted by Crippen LogP contribution is 2.25. The van der Waals surface area contributed by atoms with E-state index < -0.39 is 0 Å². The molecule has 0 bridgehead atoms. The van der Waals surface area contributed by atoms with Gasteiger partial charge in [0.15, 0.2) is 0 Å². The summed E-state index contributed by atoms with van der Waals surface area (Å²) in [4.78, 5) is 21.4. The van der Waals surface area contributed by atoms with Gasteiger partial charge in [0.2, 0.25) is 0 Å². The number of hydrogen-bond donors (Lipinski definition) is 1. The van der Waals surface area contributed by atoms with E-state index >= 15 is 0 Å². The SMILES string of the molecule is CCc1ccc(C(=O)Nc2cc3cc(-c4cncn4C)ccc3cn2)cc1CC. The molecule has 0 aliphatic rings. The molecule has 1 amide bonds. The summed E-state index contributed by atoms with van der Waals surface area (Å²) in [5.74, 6) is 0.402. The molecular weight excluding hydrogens is 360 g/mol. The van der Waals surface area contributed by atoms with E-state index in [4.69, 9.17) is 0 Å². The lowest BCUT2D eigenvalue weighted by Crippen LogP contribution is -2.13. The summed E-state index contributed by atoms with van der Waals surface area (Å²) in [6.07, 6.45) is 7.30. The van der Waals surface area contributed by atoms with E-state index in [1.165, 1.54) is 11.1 Å². The first-order chi connectivity index (χ1) is 14.1. The van der Waals surface area contributed by atoms with Crippen molar-refractivity contribution >= 4 is 22.5 Å². The van der Waals surface area contributed by atoms with Gasteiger partial charge in [-0.25, -0.2) is 9.97 Å². The van der Waals surface area contributed by atoms with Crippen molar-refractivity contribution in [2.24, 2.45) is 7.05 Å². The molecule has 0 aliphatic heterocycles. The van der Waals surface area contributed by atoms with E-state index in [-0.39, 0.29) is 5.91 Å². The first-order valence-corrected chi connectivity index (χ1v) is 9.88. The highest BCUT2D eigenvalue weighted by molar-refractivity contribution is 6.04. The van der Waals surface area contributed by atoms with E-state index in [1.54, 1.807) is 12.5 Å². The van der Waals surface area contributed by atoms with Crippen LogP contribution in [0.15, 0.2) is 61.2 Å². The van der Waals surface area contributed by atoms with Gasteiger partial charge < -0.3 is 9.88 Å². The Morgan fingerprint density at radius 1 is 0.966 bits per heavy atom. The van der Waals surface area contributed by atoms with Crippen molar-refractivity contribution < 1.29 is 4.79 Å². The first-order valence-electron chi connectivity index (χ1n) is 9.88. The average Bonchev–Trinajstić information content (AvgIpc) is 3.18. The Hall–Kier alpha value is -3.47. The minimum absolute atomic E-state index is 0.142. The summed E-state index contributed by atoms with van der Waals surface area (Å²) in [7, 11) is 1.97. The van der Waals surface area contributed by atoms with Gasteiger partial charge in [0.25, 0.3) is 5.91 Å². The van der Waals surface area contributed by atoms with Crippen LogP contribution in [-0.4, -0.2) is 20.4 Å². The minimum Gasteiger partial charge on any atom is -0.334 e. The third kappa shape index (κ3) is 3.76. The molecule has 2 aromatic heterocycles. The van der Waals surface area contributed by atoms with Gasteiger partial charge in [0.05, 0.1) is 18.2 Å². The van der Waals surface area contributed by atoms with Crippen LogP contribution in [-0.2, 0) is 19.9 Å². The zero-order chi connectivity index (χ0) is 20.4. The molecule has 0 fully saturated rings. The zero-order valence-corrected chi connectivity index (χ0v) is 16.9. The number of pyridine rings is 1. The lowest BCUT2D eigenvalue weighted by atomic mass is 10.00. The molecule has 5 heteroatoms. The molecule has 2 heterocycles. The van der Waals surface area contributed by atoms with E-state index in [2.05, 4.69) is 41.3 Å². The molecule has 4 rings (SSSR count). The predicted molar refractivity (Wildman–Crippen MR) is 117 cm³/mol. The number of nitrogens with one attached hydrogen (secondary N) is 1. The Labute approximate surface area is 170 Å². The summed E-state index contributed by atoms with van der Waals surface area (Å²) in [6.45, 7) is 4.24. The fourth-order valence-corrected chi connectivity index (χ4v) is 3.63. The van der Waals surface area contributed by atoms with Gasteiger partial charge in [-0.05, 0) is 53.6 Å². The Balaban J connectivity index is 1.62. The second kappa shape index (κ2) is 7.87. The van der Waals surface area contributed by atoms with E-state index in [0.717, 1.165) is 34.9 Å². The molecule has 0 saturated carbocycles. The Morgan fingerprint density at radius 3 is 2.52 bits per heavy atom. The molecule has 0 aliphatic carbocycles. The van der Waals surface area contributed by atoms with Crippen molar-refractivity contribution in [3.05, 3.63) is 77.9 Å². The molecule has 0 radical (unpaired) electrons. The van der Waals surface area contributed by atoms with Crippen LogP contribution in [0.2, 0.25) is 0 Å². The summed E-state index contributed by atoms with van der Waals surface area (Å²) in [5.41, 5.74) is 5.27. The molecule has 2 aromatic carbocycles. The van der Waals surface area contributed by atoms with Gasteiger partial charge in [0.1, 0.15) is 5.82 Å². The highest BCUT2D eigenvalue weighted by Gasteiger charge is 2.11. The van der Waals surface area contributed by atoms with Crippen molar-refractivity contribution in [2.75, 3.05) is 5.32 Å². The van der Waals surface area contributed by atoms with Gasteiger partial charge >= 0.3 is 0 Å². The van der Waals surface area contributed by atoms with E-state index in [1.807, 2.05) is 48.1 Å². The summed E-state index contributed by atoms with van der Waals surface area (Å²) in [5, 5.41) is 4.98. The first kappa shape index (κ1) is 18.9. The topological polar surface area (TPSA) is 59.8 Å². The van der Waals surface area contributed by atoms with Crippen molar-refractivity contribution in [2.45, 2.75) is 26.7 Å². The van der Waals surface area contributed by atoms with Crippen molar-refractivity contribution in [1.82, 2.24) is 14.5 Å². The lowest BCUT2D eigenvalue weighted by molar-refractivity contribution is 0.102. The Bertz CT molecular complexity index is 1190. The molecule has 1 N–H and O–H groups in total. The standard InChI is InChI=1S/C24H24N4O/c1-4-16-6-8-19(10-17(16)5-2)24(29)27-23-12-21-11-18(7-9-20(21)13-26-23)22-14-25-15-28(22)3/h6-15H,4-5H2,1-3H3,(H,26,27,29). The van der Waals surface area contributed by atoms with Crippen LogP contribution in [0.25, 0.3) is 22.0 Å². The number of amides is 1. The summed E-state index contributed by atoms with van der Waals surface area (Å²) in [6, 6.07) is 14.0. The molecular formula is C24H24N4O. The van der Waals surface area contributed by atoms with Crippen LogP contribution < -0.4 is 5.32 Å². The van der Waals surface area contributed by atoms with Gasteiger partial charge in [-0.1, -0.05) is 32.0 Å². The molecule has 0 unspecified atom stereocenters. The van der Waals surface area contributed by atoms with Crippen LogP contribution in [0.1, 0.15) is 35.3 Å². The molecule has 4 aromatic rings. The number of nitrogens with zero attached hydrogens (tertiary/aromatic N) is 3. The van der Waals surface area contributed by atoms with Gasteiger partial charge in [-0.15, -0.1) is 0 Å². The predicted octanol–water partition coefficient (Wildman–Crippen LogP) is 5.01. The van der Waals surface area contributed by atoms with E-state index in [0.29, 0.717) is 11.4 Å². The second-order valence-electron chi connectivity index (χ2n) is 7.17. The average molecular weight is 384 g/mol. The fourth-order valence-electron chi connectivity index (χ4n) is 3.63. The number of imidazole rings is 1. The monoisotopic (exact) mass is 384 g/mol. The number of carbonyl (C=O) groups is 1. The van der Waals surface area contributed by atoms with Crippen LogP contribution in [0, 0.1) is 0 Å². The smallest absolute Gasteiger partial charge is 0.256 e. The highest BCUT2D eigenvalue weighted by atomic mass is 16.1.